The minimum atomic E-state index is -0.579. The lowest BCUT2D eigenvalue weighted by atomic mass is 10.1. The SMILES string of the molecule is CCCn1c(C)cc(C(=O)COC(=O)CSCC(=O)Nc2ccccc2F)c1C. The molecule has 8 heteroatoms. The number of amides is 1. The number of aromatic nitrogens is 1. The number of carbonyl (C=O) groups is 3. The first-order valence-electron chi connectivity index (χ1n) is 9.31. The molecule has 0 aliphatic heterocycles. The molecule has 1 heterocycles. The predicted molar refractivity (Wildman–Crippen MR) is 112 cm³/mol. The maximum absolute atomic E-state index is 13.5. The molecule has 1 aromatic carbocycles. The lowest BCUT2D eigenvalue weighted by molar-refractivity contribution is -0.139. The molecule has 0 atom stereocenters. The summed E-state index contributed by atoms with van der Waals surface area (Å²) in [7, 11) is 0. The van der Waals surface area contributed by atoms with Crippen molar-refractivity contribution in [3.63, 3.8) is 0 Å². The van der Waals surface area contributed by atoms with E-state index < -0.39 is 17.7 Å². The number of ether oxygens (including phenoxy) is 1. The zero-order valence-electron chi connectivity index (χ0n) is 16.8. The quantitative estimate of drug-likeness (QED) is 0.468. The van der Waals surface area contributed by atoms with Gasteiger partial charge in [0.2, 0.25) is 11.7 Å². The minimum Gasteiger partial charge on any atom is -0.457 e. The molecule has 0 spiro atoms. The number of ketones is 1. The van der Waals surface area contributed by atoms with Crippen LogP contribution in [0.15, 0.2) is 30.3 Å². The number of benzene rings is 1. The van der Waals surface area contributed by atoms with Crippen LogP contribution in [0.2, 0.25) is 0 Å². The normalized spacial score (nSPS) is 10.6. The van der Waals surface area contributed by atoms with Crippen molar-refractivity contribution in [3.05, 3.63) is 53.1 Å². The summed E-state index contributed by atoms with van der Waals surface area (Å²) in [5, 5.41) is 2.44. The van der Waals surface area contributed by atoms with Gasteiger partial charge in [0.15, 0.2) is 6.61 Å². The van der Waals surface area contributed by atoms with Gasteiger partial charge in [-0.15, -0.1) is 11.8 Å². The van der Waals surface area contributed by atoms with Crippen LogP contribution >= 0.6 is 11.8 Å². The van der Waals surface area contributed by atoms with Crippen LogP contribution in [0.3, 0.4) is 0 Å². The van der Waals surface area contributed by atoms with E-state index in [0.717, 1.165) is 36.1 Å². The Morgan fingerprint density at radius 1 is 1.17 bits per heavy atom. The highest BCUT2D eigenvalue weighted by Crippen LogP contribution is 2.17. The van der Waals surface area contributed by atoms with E-state index in [9.17, 15) is 18.8 Å². The molecule has 0 fully saturated rings. The van der Waals surface area contributed by atoms with Crippen LogP contribution in [-0.2, 0) is 20.9 Å². The van der Waals surface area contributed by atoms with Crippen molar-refractivity contribution in [2.24, 2.45) is 0 Å². The molecule has 0 aliphatic carbocycles. The number of thioether (sulfide) groups is 1. The molecular weight excluding hydrogens is 395 g/mol. The van der Waals surface area contributed by atoms with Gasteiger partial charge in [-0.05, 0) is 38.5 Å². The molecule has 1 aromatic heterocycles. The Morgan fingerprint density at radius 2 is 1.90 bits per heavy atom. The van der Waals surface area contributed by atoms with Gasteiger partial charge in [0.1, 0.15) is 5.82 Å². The Hall–Kier alpha value is -2.61. The number of nitrogens with zero attached hydrogens (tertiary/aromatic N) is 1. The fourth-order valence-electron chi connectivity index (χ4n) is 2.89. The summed E-state index contributed by atoms with van der Waals surface area (Å²) >= 11 is 1.03. The molecule has 29 heavy (non-hydrogen) atoms. The summed E-state index contributed by atoms with van der Waals surface area (Å²) in [6.45, 7) is 6.38. The molecule has 6 nitrogen and oxygen atoms in total. The molecule has 0 saturated heterocycles. The van der Waals surface area contributed by atoms with Crippen LogP contribution in [0.4, 0.5) is 10.1 Å². The van der Waals surface area contributed by atoms with Crippen LogP contribution in [0.1, 0.15) is 35.1 Å². The van der Waals surface area contributed by atoms with Crippen LogP contribution in [0, 0.1) is 19.7 Å². The number of nitrogens with one attached hydrogen (secondary N) is 1. The standard InChI is InChI=1S/C21H25FN2O4S/c1-4-9-24-14(2)10-16(15(24)3)19(25)11-28-21(27)13-29-12-20(26)23-18-8-6-5-7-17(18)22/h5-8,10H,4,9,11-13H2,1-3H3,(H,23,26). The third-order valence-corrected chi connectivity index (χ3v) is 5.19. The van der Waals surface area contributed by atoms with Crippen LogP contribution in [0.5, 0.6) is 0 Å². The Kier molecular flexibility index (Phi) is 8.45. The lowest BCUT2D eigenvalue weighted by Gasteiger charge is -2.08. The van der Waals surface area contributed by atoms with Gasteiger partial charge in [0, 0.05) is 23.5 Å². The third kappa shape index (κ3) is 6.45. The maximum atomic E-state index is 13.5. The summed E-state index contributed by atoms with van der Waals surface area (Å²) in [5.74, 6) is -1.89. The number of carbonyl (C=O) groups excluding carboxylic acids is 3. The monoisotopic (exact) mass is 420 g/mol. The molecule has 0 bridgehead atoms. The predicted octanol–water partition coefficient (Wildman–Crippen LogP) is 3.75. The van der Waals surface area contributed by atoms with Crippen molar-refractivity contribution in [1.29, 1.82) is 0 Å². The zero-order valence-corrected chi connectivity index (χ0v) is 17.6. The Morgan fingerprint density at radius 3 is 2.59 bits per heavy atom. The van der Waals surface area contributed by atoms with Gasteiger partial charge in [0.25, 0.3) is 0 Å². The first-order valence-corrected chi connectivity index (χ1v) is 10.5. The Bertz CT molecular complexity index is 895. The number of hydrogen-bond donors (Lipinski definition) is 1. The van der Waals surface area contributed by atoms with E-state index >= 15 is 0 Å². The summed E-state index contributed by atoms with van der Waals surface area (Å²) in [6.07, 6.45) is 0.959. The Labute approximate surface area is 173 Å². The van der Waals surface area contributed by atoms with Gasteiger partial charge in [0.05, 0.1) is 17.2 Å². The highest BCUT2D eigenvalue weighted by atomic mass is 32.2. The highest BCUT2D eigenvalue weighted by Gasteiger charge is 2.17. The second kappa shape index (κ2) is 10.8. The largest absolute Gasteiger partial charge is 0.457 e. The van der Waals surface area contributed by atoms with Crippen molar-refractivity contribution in [3.8, 4) is 0 Å². The fourth-order valence-corrected chi connectivity index (χ4v) is 3.50. The van der Waals surface area contributed by atoms with Gasteiger partial charge >= 0.3 is 5.97 Å². The van der Waals surface area contributed by atoms with Gasteiger partial charge in [-0.2, -0.15) is 0 Å². The van der Waals surface area contributed by atoms with E-state index in [-0.39, 0.29) is 29.6 Å². The maximum Gasteiger partial charge on any atom is 0.316 e. The summed E-state index contributed by atoms with van der Waals surface area (Å²) < 4.78 is 20.6. The van der Waals surface area contributed by atoms with Crippen LogP contribution < -0.4 is 5.32 Å². The van der Waals surface area contributed by atoms with Crippen LogP contribution in [-0.4, -0.2) is 40.3 Å². The van der Waals surface area contributed by atoms with Gasteiger partial charge < -0.3 is 14.6 Å². The molecule has 0 radical (unpaired) electrons. The number of anilines is 1. The Balaban J connectivity index is 1.74. The summed E-state index contributed by atoms with van der Waals surface area (Å²) in [5.41, 5.74) is 2.51. The average molecular weight is 421 g/mol. The molecule has 1 amide bonds. The van der Waals surface area contributed by atoms with Gasteiger partial charge in [-0.1, -0.05) is 19.1 Å². The smallest absolute Gasteiger partial charge is 0.316 e. The van der Waals surface area contributed by atoms with Crippen LogP contribution in [0.25, 0.3) is 0 Å². The fraction of sp³-hybridized carbons (Fsp3) is 0.381. The number of Topliss-reactive ketones (excluding diaryl/α,β-unsaturated/α-hetero) is 1. The number of para-hydroxylation sites is 1. The molecule has 2 rings (SSSR count). The van der Waals surface area contributed by atoms with E-state index in [0.29, 0.717) is 5.56 Å². The van der Waals surface area contributed by atoms with E-state index in [1.807, 2.05) is 19.9 Å². The van der Waals surface area contributed by atoms with Crippen molar-refractivity contribution in [2.45, 2.75) is 33.7 Å². The summed E-state index contributed by atoms with van der Waals surface area (Å²) in [6, 6.07) is 7.65. The van der Waals surface area contributed by atoms with Gasteiger partial charge in [-0.3, -0.25) is 14.4 Å². The molecule has 0 saturated carbocycles. The number of halogens is 1. The van der Waals surface area contributed by atoms with Gasteiger partial charge in [-0.25, -0.2) is 4.39 Å². The first-order chi connectivity index (χ1) is 13.8. The van der Waals surface area contributed by atoms with E-state index in [2.05, 4.69) is 16.8 Å². The lowest BCUT2D eigenvalue weighted by Crippen LogP contribution is -2.19. The second-order valence-corrected chi connectivity index (χ2v) is 7.53. The second-order valence-electron chi connectivity index (χ2n) is 6.54. The molecular formula is C21H25FN2O4S. The molecule has 1 N–H and O–H groups in total. The third-order valence-electron chi connectivity index (χ3n) is 4.29. The van der Waals surface area contributed by atoms with Crippen molar-refractivity contribution in [2.75, 3.05) is 23.4 Å². The molecule has 2 aromatic rings. The van der Waals surface area contributed by atoms with Crippen molar-refractivity contribution < 1.29 is 23.5 Å². The highest BCUT2D eigenvalue weighted by molar-refractivity contribution is 8.00. The molecule has 0 aliphatic rings. The van der Waals surface area contributed by atoms with E-state index in [4.69, 9.17) is 4.74 Å². The number of esters is 1. The van der Waals surface area contributed by atoms with E-state index in [1.54, 1.807) is 6.07 Å². The van der Waals surface area contributed by atoms with Crippen molar-refractivity contribution in [1.82, 2.24) is 4.57 Å². The minimum absolute atomic E-state index is 0.0322. The average Bonchev–Trinajstić information content (AvgIpc) is 2.96. The first kappa shape index (κ1) is 22.7. The van der Waals surface area contributed by atoms with Crippen molar-refractivity contribution >= 4 is 35.1 Å². The number of rotatable bonds is 10. The molecule has 156 valence electrons. The molecule has 0 unspecified atom stereocenters. The zero-order chi connectivity index (χ0) is 21.4. The topological polar surface area (TPSA) is 77.4 Å². The number of aryl methyl sites for hydroxylation is 1. The number of hydrogen-bond acceptors (Lipinski definition) is 5. The van der Waals surface area contributed by atoms with E-state index in [1.165, 1.54) is 18.2 Å². The summed E-state index contributed by atoms with van der Waals surface area (Å²) in [4.78, 5) is 36.0.